The molecule has 31 heavy (non-hydrogen) atoms. The maximum absolute atomic E-state index is 5.75. The van der Waals surface area contributed by atoms with Crippen LogP contribution in [0.2, 0.25) is 0 Å². The van der Waals surface area contributed by atoms with Gasteiger partial charge < -0.3 is 14.5 Å². The summed E-state index contributed by atoms with van der Waals surface area (Å²) < 4.78 is 12.8. The molecule has 4 rings (SSSR count). The highest BCUT2D eigenvalue weighted by Crippen LogP contribution is 2.28. The van der Waals surface area contributed by atoms with Gasteiger partial charge in [-0.3, -0.25) is 4.98 Å². The van der Waals surface area contributed by atoms with Crippen molar-refractivity contribution in [2.75, 3.05) is 20.3 Å². The van der Waals surface area contributed by atoms with E-state index in [1.807, 2.05) is 49.0 Å². The van der Waals surface area contributed by atoms with Crippen molar-refractivity contribution >= 4 is 11.1 Å². The van der Waals surface area contributed by atoms with Crippen LogP contribution in [0.5, 0.6) is 0 Å². The lowest BCUT2D eigenvalue weighted by atomic mass is 10.0. The highest BCUT2D eigenvalue weighted by atomic mass is 16.5. The number of nitrogens with one attached hydrogen (secondary N) is 1. The summed E-state index contributed by atoms with van der Waals surface area (Å²) in [4.78, 5) is 9.00. The van der Waals surface area contributed by atoms with E-state index in [4.69, 9.17) is 9.15 Å². The van der Waals surface area contributed by atoms with Crippen molar-refractivity contribution in [3.63, 3.8) is 0 Å². The SMILES string of the molecule is COCCCn1nnnc1C(NCCc1cccnc1C)c1cccc2oc(C)nc12. The number of oxazole rings is 1. The number of pyridine rings is 1. The summed E-state index contributed by atoms with van der Waals surface area (Å²) in [6.07, 6.45) is 3.48. The highest BCUT2D eigenvalue weighted by Gasteiger charge is 2.24. The third-order valence-corrected chi connectivity index (χ3v) is 5.26. The molecule has 9 nitrogen and oxygen atoms in total. The summed E-state index contributed by atoms with van der Waals surface area (Å²) in [5.74, 6) is 1.37. The number of hydrogen-bond donors (Lipinski definition) is 1. The fraction of sp³-hybridized carbons (Fsp3) is 0.409. The number of aromatic nitrogens is 6. The Balaban J connectivity index is 1.64. The van der Waals surface area contributed by atoms with Crippen LogP contribution in [0.15, 0.2) is 40.9 Å². The number of fused-ring (bicyclic) bond motifs is 1. The zero-order chi connectivity index (χ0) is 21.6. The number of ether oxygens (including phenoxy) is 1. The maximum Gasteiger partial charge on any atom is 0.192 e. The molecule has 0 amide bonds. The molecule has 4 aromatic rings. The van der Waals surface area contributed by atoms with Crippen molar-refractivity contribution in [2.45, 2.75) is 39.3 Å². The van der Waals surface area contributed by atoms with Gasteiger partial charge in [0, 0.05) is 51.2 Å². The van der Waals surface area contributed by atoms with E-state index in [2.05, 4.69) is 36.9 Å². The van der Waals surface area contributed by atoms with Gasteiger partial charge in [-0.2, -0.15) is 0 Å². The van der Waals surface area contributed by atoms with Gasteiger partial charge in [0.25, 0.3) is 0 Å². The van der Waals surface area contributed by atoms with Crippen LogP contribution in [0.25, 0.3) is 11.1 Å². The topological polar surface area (TPSA) is 104 Å². The van der Waals surface area contributed by atoms with E-state index >= 15 is 0 Å². The van der Waals surface area contributed by atoms with Gasteiger partial charge in [-0.1, -0.05) is 18.2 Å². The first-order chi connectivity index (χ1) is 15.2. The molecule has 0 fully saturated rings. The molecular weight excluding hydrogens is 394 g/mol. The number of para-hydroxylation sites is 1. The van der Waals surface area contributed by atoms with E-state index in [0.29, 0.717) is 19.0 Å². The van der Waals surface area contributed by atoms with Gasteiger partial charge in [-0.15, -0.1) is 5.10 Å². The summed E-state index contributed by atoms with van der Waals surface area (Å²) in [6.45, 7) is 5.93. The Hall–Kier alpha value is -3.17. The Kier molecular flexibility index (Phi) is 6.63. The summed E-state index contributed by atoms with van der Waals surface area (Å²) in [6, 6.07) is 9.79. The van der Waals surface area contributed by atoms with Crippen molar-refractivity contribution in [2.24, 2.45) is 0 Å². The molecule has 1 N–H and O–H groups in total. The van der Waals surface area contributed by atoms with Gasteiger partial charge in [0.15, 0.2) is 17.3 Å². The van der Waals surface area contributed by atoms with Crippen molar-refractivity contribution < 1.29 is 9.15 Å². The van der Waals surface area contributed by atoms with Crippen LogP contribution in [0.3, 0.4) is 0 Å². The fourth-order valence-corrected chi connectivity index (χ4v) is 3.72. The van der Waals surface area contributed by atoms with Gasteiger partial charge in [0.05, 0.1) is 6.04 Å². The molecule has 0 aliphatic carbocycles. The van der Waals surface area contributed by atoms with Crippen LogP contribution in [0, 0.1) is 13.8 Å². The average Bonchev–Trinajstić information content (AvgIpc) is 3.38. The molecule has 0 aliphatic heterocycles. The summed E-state index contributed by atoms with van der Waals surface area (Å²) in [7, 11) is 1.69. The molecule has 1 unspecified atom stereocenters. The van der Waals surface area contributed by atoms with E-state index in [9.17, 15) is 0 Å². The first kappa shape index (κ1) is 21.1. The predicted octanol–water partition coefficient (Wildman–Crippen LogP) is 2.78. The largest absolute Gasteiger partial charge is 0.441 e. The summed E-state index contributed by atoms with van der Waals surface area (Å²) in [5, 5.41) is 16.1. The molecule has 0 saturated heterocycles. The number of rotatable bonds is 10. The van der Waals surface area contributed by atoms with Crippen molar-refractivity contribution in [1.29, 1.82) is 0 Å². The van der Waals surface area contributed by atoms with Crippen LogP contribution >= 0.6 is 0 Å². The lowest BCUT2D eigenvalue weighted by molar-refractivity contribution is 0.188. The molecule has 162 valence electrons. The first-order valence-corrected chi connectivity index (χ1v) is 10.4. The lowest BCUT2D eigenvalue weighted by Gasteiger charge is -2.19. The second-order valence-corrected chi connectivity index (χ2v) is 7.42. The molecule has 0 aliphatic rings. The quantitative estimate of drug-likeness (QED) is 0.390. The lowest BCUT2D eigenvalue weighted by Crippen LogP contribution is -2.28. The van der Waals surface area contributed by atoms with Gasteiger partial charge in [-0.25, -0.2) is 9.67 Å². The van der Waals surface area contributed by atoms with Crippen LogP contribution in [0.1, 0.15) is 41.0 Å². The Labute approximate surface area is 180 Å². The summed E-state index contributed by atoms with van der Waals surface area (Å²) >= 11 is 0. The van der Waals surface area contributed by atoms with E-state index in [1.54, 1.807) is 7.11 Å². The minimum absolute atomic E-state index is 0.234. The summed E-state index contributed by atoms with van der Waals surface area (Å²) in [5.41, 5.74) is 4.81. The fourth-order valence-electron chi connectivity index (χ4n) is 3.72. The third-order valence-electron chi connectivity index (χ3n) is 5.26. The zero-order valence-corrected chi connectivity index (χ0v) is 18.1. The van der Waals surface area contributed by atoms with Crippen molar-refractivity contribution in [3.8, 4) is 0 Å². The number of benzene rings is 1. The molecule has 0 radical (unpaired) electrons. The number of tetrazole rings is 1. The van der Waals surface area contributed by atoms with Crippen molar-refractivity contribution in [3.05, 3.63) is 65.1 Å². The molecule has 3 heterocycles. The Bertz CT molecular complexity index is 1140. The highest BCUT2D eigenvalue weighted by molar-refractivity contribution is 5.77. The number of methoxy groups -OCH3 is 1. The van der Waals surface area contributed by atoms with Crippen molar-refractivity contribution in [1.82, 2.24) is 35.5 Å². The van der Waals surface area contributed by atoms with Gasteiger partial charge in [0.2, 0.25) is 0 Å². The molecule has 9 heteroatoms. The number of nitrogens with zero attached hydrogens (tertiary/aromatic N) is 6. The molecule has 3 aromatic heterocycles. The molecule has 1 atom stereocenters. The van der Waals surface area contributed by atoms with Crippen LogP contribution in [-0.2, 0) is 17.7 Å². The van der Waals surface area contributed by atoms with Gasteiger partial charge in [0.1, 0.15) is 5.52 Å². The number of hydrogen-bond acceptors (Lipinski definition) is 8. The number of aryl methyl sites for hydroxylation is 3. The molecular formula is C22H27N7O2. The predicted molar refractivity (Wildman–Crippen MR) is 116 cm³/mol. The zero-order valence-electron chi connectivity index (χ0n) is 18.1. The molecule has 1 aromatic carbocycles. The smallest absolute Gasteiger partial charge is 0.192 e. The van der Waals surface area contributed by atoms with Crippen LogP contribution < -0.4 is 5.32 Å². The van der Waals surface area contributed by atoms with E-state index < -0.39 is 0 Å². The van der Waals surface area contributed by atoms with E-state index in [0.717, 1.165) is 47.6 Å². The first-order valence-electron chi connectivity index (χ1n) is 10.4. The van der Waals surface area contributed by atoms with E-state index in [1.165, 1.54) is 5.56 Å². The minimum Gasteiger partial charge on any atom is -0.441 e. The monoisotopic (exact) mass is 421 g/mol. The molecule has 0 saturated carbocycles. The van der Waals surface area contributed by atoms with E-state index in [-0.39, 0.29) is 6.04 Å². The molecule has 0 bridgehead atoms. The van der Waals surface area contributed by atoms with Crippen LogP contribution in [0.4, 0.5) is 0 Å². The van der Waals surface area contributed by atoms with Crippen LogP contribution in [-0.4, -0.2) is 50.4 Å². The normalized spacial score (nSPS) is 12.5. The standard InChI is InChI=1S/C22H27N7O2/c1-15-17(7-5-11-23-15)10-12-24-21(22-26-27-28-29(22)13-6-14-30-3)18-8-4-9-19-20(18)25-16(2)31-19/h4-5,7-9,11,21,24H,6,10,12-14H2,1-3H3. The second kappa shape index (κ2) is 9.76. The van der Waals surface area contributed by atoms with Gasteiger partial charge >= 0.3 is 0 Å². The maximum atomic E-state index is 5.75. The Morgan fingerprint density at radius 2 is 2.10 bits per heavy atom. The Morgan fingerprint density at radius 1 is 1.19 bits per heavy atom. The third kappa shape index (κ3) is 4.78. The Morgan fingerprint density at radius 3 is 2.94 bits per heavy atom. The second-order valence-electron chi connectivity index (χ2n) is 7.42. The average molecular weight is 422 g/mol. The minimum atomic E-state index is -0.234. The van der Waals surface area contributed by atoms with Gasteiger partial charge in [-0.05, 0) is 47.9 Å². The molecule has 0 spiro atoms.